The number of hydrogen-bond acceptors (Lipinski definition) is 5. The van der Waals surface area contributed by atoms with E-state index in [1.165, 1.54) is 19.5 Å². The van der Waals surface area contributed by atoms with E-state index in [2.05, 4.69) is 35.9 Å². The van der Waals surface area contributed by atoms with Gasteiger partial charge in [-0.25, -0.2) is 9.97 Å². The third-order valence-corrected chi connectivity index (χ3v) is 5.52. The van der Waals surface area contributed by atoms with Crippen molar-refractivity contribution >= 4 is 34.0 Å². The van der Waals surface area contributed by atoms with Gasteiger partial charge in [-0.1, -0.05) is 0 Å². The largest absolute Gasteiger partial charge is 0.243 e. The summed E-state index contributed by atoms with van der Waals surface area (Å²) in [6.07, 6.45) is 3.85. The van der Waals surface area contributed by atoms with Gasteiger partial charge in [-0.3, -0.25) is 0 Å². The van der Waals surface area contributed by atoms with E-state index in [1.54, 1.807) is 34.0 Å². The first-order chi connectivity index (χ1) is 8.22. The molecule has 0 aliphatic carbocycles. The van der Waals surface area contributed by atoms with Crippen LogP contribution in [0, 0.1) is 13.8 Å². The predicted octanol–water partition coefficient (Wildman–Crippen LogP) is 4.61. The van der Waals surface area contributed by atoms with Crippen LogP contribution in [0.15, 0.2) is 24.5 Å². The van der Waals surface area contributed by atoms with E-state index in [9.17, 15) is 0 Å². The van der Waals surface area contributed by atoms with Crippen LogP contribution >= 0.6 is 34.0 Å². The lowest BCUT2D eigenvalue weighted by Gasteiger charge is -1.88. The van der Waals surface area contributed by atoms with Gasteiger partial charge in [0.25, 0.3) is 0 Å². The Balaban J connectivity index is 1.98. The summed E-state index contributed by atoms with van der Waals surface area (Å²) < 4.78 is 0. The molecule has 0 saturated heterocycles. The minimum atomic E-state index is 1.10. The summed E-state index contributed by atoms with van der Waals surface area (Å²) in [6.45, 7) is 4.17. The van der Waals surface area contributed by atoms with Gasteiger partial charge in [-0.15, -0.1) is 34.0 Å². The smallest absolute Gasteiger partial charge is 0.133 e. The van der Waals surface area contributed by atoms with Crippen LogP contribution in [0.3, 0.4) is 0 Å². The van der Waals surface area contributed by atoms with Gasteiger partial charge in [0.05, 0.1) is 9.75 Å². The zero-order chi connectivity index (χ0) is 11.8. The molecule has 5 heteroatoms. The maximum atomic E-state index is 4.41. The molecule has 86 valence electrons. The molecule has 0 atom stereocenters. The Labute approximate surface area is 112 Å². The lowest BCUT2D eigenvalue weighted by atomic mass is 10.4. The van der Waals surface area contributed by atoms with Gasteiger partial charge in [0, 0.05) is 22.1 Å². The van der Waals surface area contributed by atoms with Crippen molar-refractivity contribution in [3.8, 4) is 19.8 Å². The van der Waals surface area contributed by atoms with Crippen molar-refractivity contribution in [2.75, 3.05) is 0 Å². The molecule has 17 heavy (non-hydrogen) atoms. The molecule has 3 aromatic heterocycles. The van der Waals surface area contributed by atoms with E-state index in [0.29, 0.717) is 0 Å². The van der Waals surface area contributed by atoms with Crippen LogP contribution < -0.4 is 0 Å². The van der Waals surface area contributed by atoms with Crippen LogP contribution in [0.4, 0.5) is 0 Å². The Kier molecular flexibility index (Phi) is 2.82. The first-order valence-electron chi connectivity index (χ1n) is 5.18. The van der Waals surface area contributed by atoms with Crippen molar-refractivity contribution in [1.29, 1.82) is 0 Å². The van der Waals surface area contributed by atoms with Gasteiger partial charge >= 0.3 is 0 Å². The van der Waals surface area contributed by atoms with E-state index in [-0.39, 0.29) is 0 Å². The van der Waals surface area contributed by atoms with E-state index in [1.807, 2.05) is 12.4 Å². The van der Waals surface area contributed by atoms with E-state index in [4.69, 9.17) is 0 Å². The summed E-state index contributed by atoms with van der Waals surface area (Å²) in [5.41, 5.74) is 0. The Hall–Kier alpha value is -1.04. The second-order valence-corrected chi connectivity index (χ2v) is 7.27. The number of aromatic nitrogens is 2. The fraction of sp³-hybridized carbons (Fsp3) is 0.167. The molecule has 0 aromatic carbocycles. The summed E-state index contributed by atoms with van der Waals surface area (Å²) >= 11 is 5.24. The van der Waals surface area contributed by atoms with E-state index in [0.717, 1.165) is 10.0 Å². The fourth-order valence-electron chi connectivity index (χ4n) is 1.51. The highest BCUT2D eigenvalue weighted by Crippen LogP contribution is 2.37. The molecule has 3 heterocycles. The SMILES string of the molecule is Cc1cnc(-c2ccc(-c3ncc(C)s3)s2)s1. The molecule has 2 nitrogen and oxygen atoms in total. The third-order valence-electron chi connectivity index (χ3n) is 2.27. The molecule has 0 N–H and O–H groups in total. The van der Waals surface area contributed by atoms with Crippen molar-refractivity contribution in [3.05, 3.63) is 34.3 Å². The molecule has 0 radical (unpaired) electrons. The average molecular weight is 278 g/mol. The lowest BCUT2D eigenvalue weighted by Crippen LogP contribution is -1.65. The molecule has 3 aromatic rings. The van der Waals surface area contributed by atoms with Crippen molar-refractivity contribution in [3.63, 3.8) is 0 Å². The summed E-state index contributed by atoms with van der Waals surface area (Å²) in [7, 11) is 0. The zero-order valence-electron chi connectivity index (χ0n) is 9.43. The molecule has 0 amide bonds. The van der Waals surface area contributed by atoms with Crippen molar-refractivity contribution in [1.82, 2.24) is 9.97 Å². The molecule has 0 aliphatic heterocycles. The first kappa shape index (κ1) is 11.1. The number of thiophene rings is 1. The first-order valence-corrected chi connectivity index (χ1v) is 7.63. The molecule has 0 bridgehead atoms. The maximum absolute atomic E-state index is 4.41. The van der Waals surface area contributed by atoms with Crippen LogP contribution in [0.5, 0.6) is 0 Å². The normalized spacial score (nSPS) is 10.9. The highest BCUT2D eigenvalue weighted by Gasteiger charge is 2.09. The maximum Gasteiger partial charge on any atom is 0.133 e. The highest BCUT2D eigenvalue weighted by molar-refractivity contribution is 7.26. The van der Waals surface area contributed by atoms with Gasteiger partial charge in [0.1, 0.15) is 10.0 Å². The summed E-state index contributed by atoms with van der Waals surface area (Å²) in [4.78, 5) is 13.8. The van der Waals surface area contributed by atoms with Gasteiger partial charge in [0.2, 0.25) is 0 Å². The van der Waals surface area contributed by atoms with Gasteiger partial charge in [-0.05, 0) is 26.0 Å². The second kappa shape index (κ2) is 4.33. The van der Waals surface area contributed by atoms with Gasteiger partial charge in [-0.2, -0.15) is 0 Å². The molecule has 0 saturated carbocycles. The Bertz CT molecular complexity index is 593. The van der Waals surface area contributed by atoms with Gasteiger partial charge in [0.15, 0.2) is 0 Å². The van der Waals surface area contributed by atoms with E-state index >= 15 is 0 Å². The van der Waals surface area contributed by atoms with Crippen LogP contribution in [-0.4, -0.2) is 9.97 Å². The molecular weight excluding hydrogens is 268 g/mol. The average Bonchev–Trinajstić information content (AvgIpc) is 2.96. The summed E-state index contributed by atoms with van der Waals surface area (Å²) in [5.74, 6) is 0. The molecule has 0 spiro atoms. The fourth-order valence-corrected chi connectivity index (χ4v) is 4.16. The topological polar surface area (TPSA) is 25.8 Å². The Morgan fingerprint density at radius 2 is 1.24 bits per heavy atom. The standard InChI is InChI=1S/C12H10N2S3/c1-7-5-13-11(15-7)9-3-4-10(17-9)12-14-6-8(2)16-12/h3-6H,1-2H3. The lowest BCUT2D eigenvalue weighted by molar-refractivity contribution is 1.39. The number of thiazole rings is 2. The predicted molar refractivity (Wildman–Crippen MR) is 76.0 cm³/mol. The van der Waals surface area contributed by atoms with Crippen LogP contribution in [0.25, 0.3) is 19.8 Å². The molecule has 0 fully saturated rings. The quantitative estimate of drug-likeness (QED) is 0.684. The Morgan fingerprint density at radius 3 is 1.59 bits per heavy atom. The molecule has 3 rings (SSSR count). The zero-order valence-corrected chi connectivity index (χ0v) is 11.9. The molecular formula is C12H10N2S3. The third kappa shape index (κ3) is 2.18. The minimum absolute atomic E-state index is 1.10. The van der Waals surface area contributed by atoms with Crippen LogP contribution in [0.2, 0.25) is 0 Å². The van der Waals surface area contributed by atoms with Crippen molar-refractivity contribution < 1.29 is 0 Å². The monoisotopic (exact) mass is 278 g/mol. The van der Waals surface area contributed by atoms with Crippen LogP contribution in [-0.2, 0) is 0 Å². The van der Waals surface area contributed by atoms with Crippen LogP contribution in [0.1, 0.15) is 9.75 Å². The van der Waals surface area contributed by atoms with Crippen molar-refractivity contribution in [2.45, 2.75) is 13.8 Å². The summed E-state index contributed by atoms with van der Waals surface area (Å²) in [6, 6.07) is 4.27. The number of aryl methyl sites for hydroxylation is 2. The van der Waals surface area contributed by atoms with Gasteiger partial charge < -0.3 is 0 Å². The van der Waals surface area contributed by atoms with E-state index < -0.39 is 0 Å². The number of nitrogens with zero attached hydrogens (tertiary/aromatic N) is 2. The van der Waals surface area contributed by atoms with Crippen molar-refractivity contribution in [2.24, 2.45) is 0 Å². The Morgan fingerprint density at radius 1 is 0.765 bits per heavy atom. The second-order valence-electron chi connectivity index (χ2n) is 3.72. The number of rotatable bonds is 2. The number of hydrogen-bond donors (Lipinski definition) is 0. The minimum Gasteiger partial charge on any atom is -0.243 e. The highest BCUT2D eigenvalue weighted by atomic mass is 32.1. The molecule has 0 unspecified atom stereocenters. The summed E-state index contributed by atoms with van der Waals surface area (Å²) in [5, 5.41) is 2.21. The molecule has 0 aliphatic rings.